The number of urea groups is 1. The Morgan fingerprint density at radius 2 is 1.76 bits per heavy atom. The van der Waals surface area contributed by atoms with Gasteiger partial charge in [0, 0.05) is 12.6 Å². The Kier molecular flexibility index (Phi) is 6.98. The number of carbonyl (C=O) groups is 3. The molecule has 3 amide bonds. The van der Waals surface area contributed by atoms with E-state index >= 15 is 0 Å². The summed E-state index contributed by atoms with van der Waals surface area (Å²) in [6.07, 6.45) is 4.27. The minimum atomic E-state index is -1.11. The number of hydrogen-bond donors (Lipinski definition) is 3. The lowest BCUT2D eigenvalue weighted by atomic mass is 10.1. The molecule has 0 aromatic carbocycles. The lowest BCUT2D eigenvalue weighted by molar-refractivity contribution is -0.137. The molecule has 1 saturated carbocycles. The minimum absolute atomic E-state index is 0.201. The molecule has 7 heteroatoms. The molecule has 1 rings (SSSR count). The molecule has 120 valence electrons. The van der Waals surface area contributed by atoms with Crippen molar-refractivity contribution in [3.63, 3.8) is 0 Å². The van der Waals surface area contributed by atoms with Crippen LogP contribution in [0.3, 0.4) is 0 Å². The zero-order valence-electron chi connectivity index (χ0n) is 12.7. The monoisotopic (exact) mass is 299 g/mol. The molecule has 0 aliphatic heterocycles. The van der Waals surface area contributed by atoms with Crippen molar-refractivity contribution in [2.24, 2.45) is 5.92 Å². The van der Waals surface area contributed by atoms with Crippen LogP contribution in [0.4, 0.5) is 4.79 Å². The maximum Gasteiger partial charge on any atom is 0.322 e. The van der Waals surface area contributed by atoms with Crippen LogP contribution < -0.4 is 10.6 Å². The third-order valence-corrected chi connectivity index (χ3v) is 3.43. The standard InChI is InChI=1S/C14H25N3O4/c1-10(2)9-17(11-5-3-4-6-11)14(21)16-7-12(18)15-8-13(19)20/h10-11H,3-9H2,1-2H3,(H,15,18)(H,16,21)(H,19,20). The Labute approximate surface area is 125 Å². The number of amides is 3. The highest BCUT2D eigenvalue weighted by molar-refractivity contribution is 5.86. The number of nitrogens with zero attached hydrogens (tertiary/aromatic N) is 1. The van der Waals surface area contributed by atoms with E-state index in [0.29, 0.717) is 12.5 Å². The van der Waals surface area contributed by atoms with Crippen LogP contribution in [0, 0.1) is 5.92 Å². The van der Waals surface area contributed by atoms with Gasteiger partial charge in [-0.2, -0.15) is 0 Å². The summed E-state index contributed by atoms with van der Waals surface area (Å²) in [4.78, 5) is 35.8. The first kappa shape index (κ1) is 17.3. The van der Waals surface area contributed by atoms with E-state index in [9.17, 15) is 14.4 Å². The van der Waals surface area contributed by atoms with Crippen molar-refractivity contribution in [2.75, 3.05) is 19.6 Å². The molecule has 1 aliphatic rings. The zero-order chi connectivity index (χ0) is 15.8. The molecule has 3 N–H and O–H groups in total. The summed E-state index contributed by atoms with van der Waals surface area (Å²) in [7, 11) is 0. The van der Waals surface area contributed by atoms with E-state index in [2.05, 4.69) is 24.5 Å². The lowest BCUT2D eigenvalue weighted by Gasteiger charge is -2.30. The largest absolute Gasteiger partial charge is 0.480 e. The molecule has 0 bridgehead atoms. The number of carbonyl (C=O) groups excluding carboxylic acids is 2. The lowest BCUT2D eigenvalue weighted by Crippen LogP contribution is -2.49. The third kappa shape index (κ3) is 6.46. The van der Waals surface area contributed by atoms with Gasteiger partial charge in [-0.15, -0.1) is 0 Å². The van der Waals surface area contributed by atoms with Gasteiger partial charge in [0.25, 0.3) is 0 Å². The predicted octanol–water partition coefficient (Wildman–Crippen LogP) is 0.797. The maximum absolute atomic E-state index is 12.2. The number of nitrogens with one attached hydrogen (secondary N) is 2. The Morgan fingerprint density at radius 3 is 2.29 bits per heavy atom. The van der Waals surface area contributed by atoms with Gasteiger partial charge in [-0.05, 0) is 18.8 Å². The number of rotatable bonds is 7. The summed E-state index contributed by atoms with van der Waals surface area (Å²) in [5.41, 5.74) is 0. The molecule has 0 saturated heterocycles. The van der Waals surface area contributed by atoms with Crippen LogP contribution in [0.5, 0.6) is 0 Å². The molecule has 21 heavy (non-hydrogen) atoms. The van der Waals surface area contributed by atoms with Gasteiger partial charge < -0.3 is 20.6 Å². The predicted molar refractivity (Wildman–Crippen MR) is 77.8 cm³/mol. The van der Waals surface area contributed by atoms with Gasteiger partial charge in [-0.3, -0.25) is 9.59 Å². The van der Waals surface area contributed by atoms with E-state index in [4.69, 9.17) is 5.11 Å². The summed E-state index contributed by atoms with van der Waals surface area (Å²) in [6.45, 7) is 4.12. The molecule has 0 unspecified atom stereocenters. The van der Waals surface area contributed by atoms with Gasteiger partial charge in [0.15, 0.2) is 0 Å². The van der Waals surface area contributed by atoms with Crippen LogP contribution in [-0.2, 0) is 9.59 Å². The first-order chi connectivity index (χ1) is 9.90. The fraction of sp³-hybridized carbons (Fsp3) is 0.786. The van der Waals surface area contributed by atoms with Crippen LogP contribution in [0.1, 0.15) is 39.5 Å². The molecule has 7 nitrogen and oxygen atoms in total. The maximum atomic E-state index is 12.2. The summed E-state index contributed by atoms with van der Waals surface area (Å²) >= 11 is 0. The average Bonchev–Trinajstić information content (AvgIpc) is 2.93. The van der Waals surface area contributed by atoms with Crippen LogP contribution in [-0.4, -0.2) is 53.6 Å². The van der Waals surface area contributed by atoms with Crippen molar-refractivity contribution in [3.05, 3.63) is 0 Å². The van der Waals surface area contributed by atoms with Crippen molar-refractivity contribution in [2.45, 2.75) is 45.6 Å². The van der Waals surface area contributed by atoms with Crippen molar-refractivity contribution < 1.29 is 19.5 Å². The third-order valence-electron chi connectivity index (χ3n) is 3.43. The molecular formula is C14H25N3O4. The molecule has 0 heterocycles. The van der Waals surface area contributed by atoms with Crippen molar-refractivity contribution in [1.29, 1.82) is 0 Å². The minimum Gasteiger partial charge on any atom is -0.480 e. The topological polar surface area (TPSA) is 98.7 Å². The number of aliphatic carboxylic acids is 1. The van der Waals surface area contributed by atoms with Gasteiger partial charge >= 0.3 is 12.0 Å². The Bertz CT molecular complexity index is 378. The van der Waals surface area contributed by atoms with E-state index in [0.717, 1.165) is 25.7 Å². The van der Waals surface area contributed by atoms with E-state index in [1.165, 1.54) is 0 Å². The van der Waals surface area contributed by atoms with Crippen LogP contribution in [0.15, 0.2) is 0 Å². The SMILES string of the molecule is CC(C)CN(C(=O)NCC(=O)NCC(=O)O)C1CCCC1. The summed E-state index contributed by atoms with van der Waals surface area (Å²) in [5.74, 6) is -1.25. The second kappa shape index (κ2) is 8.49. The number of carboxylic acids is 1. The summed E-state index contributed by atoms with van der Waals surface area (Å²) in [5, 5.41) is 13.2. The van der Waals surface area contributed by atoms with Gasteiger partial charge in [-0.25, -0.2) is 4.79 Å². The fourth-order valence-corrected chi connectivity index (χ4v) is 2.50. The van der Waals surface area contributed by atoms with Gasteiger partial charge in [0.05, 0.1) is 6.54 Å². The second-order valence-electron chi connectivity index (χ2n) is 5.81. The summed E-state index contributed by atoms with van der Waals surface area (Å²) in [6, 6.07) is -0.00411. The zero-order valence-corrected chi connectivity index (χ0v) is 12.7. The van der Waals surface area contributed by atoms with Gasteiger partial charge in [0.2, 0.25) is 5.91 Å². The highest BCUT2D eigenvalue weighted by Gasteiger charge is 2.27. The Balaban J connectivity index is 2.44. The quantitative estimate of drug-likeness (QED) is 0.647. The normalized spacial score (nSPS) is 15.0. The first-order valence-electron chi connectivity index (χ1n) is 7.43. The molecular weight excluding hydrogens is 274 g/mol. The van der Waals surface area contributed by atoms with Crippen LogP contribution in [0.2, 0.25) is 0 Å². The second-order valence-corrected chi connectivity index (χ2v) is 5.81. The molecule has 0 spiro atoms. The highest BCUT2D eigenvalue weighted by Crippen LogP contribution is 2.24. The number of carboxylic acid groups (broad SMARTS) is 1. The molecule has 1 aliphatic carbocycles. The van der Waals surface area contributed by atoms with Crippen LogP contribution >= 0.6 is 0 Å². The van der Waals surface area contributed by atoms with Crippen molar-refractivity contribution in [3.8, 4) is 0 Å². The Morgan fingerprint density at radius 1 is 1.14 bits per heavy atom. The molecule has 0 radical (unpaired) electrons. The van der Waals surface area contributed by atoms with E-state index in [1.54, 1.807) is 0 Å². The van der Waals surface area contributed by atoms with Gasteiger partial charge in [-0.1, -0.05) is 26.7 Å². The molecule has 0 atom stereocenters. The van der Waals surface area contributed by atoms with Crippen molar-refractivity contribution in [1.82, 2.24) is 15.5 Å². The fourth-order valence-electron chi connectivity index (χ4n) is 2.50. The van der Waals surface area contributed by atoms with Crippen LogP contribution in [0.25, 0.3) is 0 Å². The Hall–Kier alpha value is -1.79. The average molecular weight is 299 g/mol. The van der Waals surface area contributed by atoms with E-state index in [-0.39, 0.29) is 18.6 Å². The van der Waals surface area contributed by atoms with E-state index < -0.39 is 18.4 Å². The first-order valence-corrected chi connectivity index (χ1v) is 7.43. The molecule has 1 fully saturated rings. The summed E-state index contributed by atoms with van der Waals surface area (Å²) < 4.78 is 0. The molecule has 0 aromatic heterocycles. The molecule has 0 aromatic rings. The number of hydrogen-bond acceptors (Lipinski definition) is 3. The van der Waals surface area contributed by atoms with E-state index in [1.807, 2.05) is 4.90 Å². The highest BCUT2D eigenvalue weighted by atomic mass is 16.4. The smallest absolute Gasteiger partial charge is 0.322 e. The van der Waals surface area contributed by atoms with Crippen molar-refractivity contribution >= 4 is 17.9 Å². The van der Waals surface area contributed by atoms with Gasteiger partial charge in [0.1, 0.15) is 6.54 Å².